The molecule has 2 saturated carbocycles. The molecule has 10 nitrogen and oxygen atoms in total. The summed E-state index contributed by atoms with van der Waals surface area (Å²) in [6, 6.07) is 17.6. The summed E-state index contributed by atoms with van der Waals surface area (Å²) in [6.45, 7) is 39.2. The van der Waals surface area contributed by atoms with Crippen molar-refractivity contribution < 1.29 is 48.1 Å². The Morgan fingerprint density at radius 2 is 1.06 bits per heavy atom. The third-order valence-corrected chi connectivity index (χ3v) is 15.6. The van der Waals surface area contributed by atoms with Crippen molar-refractivity contribution in [2.75, 3.05) is 5.32 Å². The van der Waals surface area contributed by atoms with Gasteiger partial charge in [0.15, 0.2) is 5.91 Å². The molecular weight excluding hydrogens is 950 g/mol. The summed E-state index contributed by atoms with van der Waals surface area (Å²) in [4.78, 5) is 66.7. The van der Waals surface area contributed by atoms with Gasteiger partial charge in [-0.3, -0.25) is 9.59 Å². The Balaban J connectivity index is 0.00000963. The second kappa shape index (κ2) is 22.5. The molecule has 2 amide bonds. The molecule has 11 heteroatoms. The number of amidine groups is 1. The van der Waals surface area contributed by atoms with Crippen LogP contribution in [0, 0.1) is 63.1 Å². The summed E-state index contributed by atoms with van der Waals surface area (Å²) in [6.07, 6.45) is 4.72. The van der Waals surface area contributed by atoms with Crippen molar-refractivity contribution in [1.82, 2.24) is 4.98 Å². The minimum atomic E-state index is -0.567. The van der Waals surface area contributed by atoms with E-state index in [2.05, 4.69) is 112 Å². The number of esters is 2. The second-order valence-corrected chi connectivity index (χ2v) is 26.2. The van der Waals surface area contributed by atoms with Crippen molar-refractivity contribution >= 4 is 41.5 Å². The molecule has 3 aliphatic rings. The van der Waals surface area contributed by atoms with Gasteiger partial charge in [0.05, 0.1) is 5.57 Å². The van der Waals surface area contributed by atoms with Gasteiger partial charge in [-0.2, -0.15) is 0 Å². The van der Waals surface area contributed by atoms with Crippen molar-refractivity contribution in [3.8, 4) is 0 Å². The maximum atomic E-state index is 15.3. The van der Waals surface area contributed by atoms with E-state index < -0.39 is 29.9 Å². The van der Waals surface area contributed by atoms with Crippen LogP contribution in [0.2, 0.25) is 0 Å². The Bertz CT molecular complexity index is 2480. The SMILES string of the molecule is CC1CC(C(C)(C)C)C(OC(=O)C2=C(C(C)C)/C(=C/c3[nH]c(NC(=O)c4ccccc4)c(C(=O)OC4C(C(C)(C)C)CC(C)CC4C(C)(C)C)c3C(C)C)[N-]C2=NC(=O)c2ccccc2)C(C(C)(C)C)C1.[Zn+2]. The smallest absolute Gasteiger partial charge is 0.458 e. The molecule has 2 N–H and O–H groups in total. The number of allylic oxidation sites excluding steroid dienone is 1. The number of benzene rings is 2. The van der Waals surface area contributed by atoms with Crippen molar-refractivity contribution in [3.05, 3.63) is 111 Å². The van der Waals surface area contributed by atoms with E-state index in [-0.39, 0.29) is 106 Å². The molecule has 0 bridgehead atoms. The Morgan fingerprint density at radius 3 is 1.46 bits per heavy atom. The third kappa shape index (κ3) is 13.2. The molecule has 386 valence electrons. The number of rotatable bonds is 10. The molecule has 2 fully saturated rings. The molecule has 4 atom stereocenters. The van der Waals surface area contributed by atoms with Crippen LogP contribution in [-0.2, 0) is 33.7 Å². The van der Waals surface area contributed by atoms with Gasteiger partial charge < -0.3 is 30.1 Å². The maximum absolute atomic E-state index is 15.3. The number of anilines is 1. The van der Waals surface area contributed by atoms with Gasteiger partial charge in [0, 0.05) is 40.5 Å². The summed E-state index contributed by atoms with van der Waals surface area (Å²) < 4.78 is 13.7. The minimum absolute atomic E-state index is 0. The quantitative estimate of drug-likeness (QED) is 0.153. The molecule has 1 aromatic heterocycles. The number of hydrogen-bond donors (Lipinski definition) is 2. The molecule has 0 radical (unpaired) electrons. The van der Waals surface area contributed by atoms with Gasteiger partial charge in [0.25, 0.3) is 5.91 Å². The maximum Gasteiger partial charge on any atom is 2.00 e. The normalized spacial score (nSPS) is 25.3. The first kappa shape index (κ1) is 58.3. The molecule has 4 unspecified atom stereocenters. The van der Waals surface area contributed by atoms with Gasteiger partial charge in [0.1, 0.15) is 23.6 Å². The first-order chi connectivity index (χ1) is 32.9. The molecule has 3 aromatic rings. The Kier molecular flexibility index (Phi) is 18.2. The summed E-state index contributed by atoms with van der Waals surface area (Å²) in [7, 11) is 0. The van der Waals surface area contributed by atoms with Crippen LogP contribution in [0.3, 0.4) is 0 Å². The van der Waals surface area contributed by atoms with Crippen LogP contribution < -0.4 is 5.32 Å². The first-order valence-corrected chi connectivity index (χ1v) is 26.3. The van der Waals surface area contributed by atoms with Crippen LogP contribution in [0.25, 0.3) is 11.4 Å². The number of nitrogens with zero attached hydrogens (tertiary/aromatic N) is 2. The monoisotopic (exact) mass is 1030 g/mol. The predicted octanol–water partition coefficient (Wildman–Crippen LogP) is 15.3. The van der Waals surface area contributed by atoms with E-state index in [4.69, 9.17) is 14.8 Å². The first-order valence-electron chi connectivity index (χ1n) is 26.3. The van der Waals surface area contributed by atoms with Crippen molar-refractivity contribution in [1.29, 1.82) is 0 Å². The van der Waals surface area contributed by atoms with Crippen molar-refractivity contribution in [2.45, 2.75) is 168 Å². The molecule has 2 aromatic carbocycles. The Labute approximate surface area is 445 Å². The predicted molar refractivity (Wildman–Crippen MR) is 288 cm³/mol. The number of nitrogens with one attached hydrogen (secondary N) is 2. The fourth-order valence-electron chi connectivity index (χ4n) is 11.8. The number of aromatic amines is 1. The van der Waals surface area contributed by atoms with Crippen molar-refractivity contribution in [2.24, 2.45) is 68.1 Å². The zero-order chi connectivity index (χ0) is 52.7. The Morgan fingerprint density at radius 1 is 0.639 bits per heavy atom. The average molecular weight is 1040 g/mol. The van der Waals surface area contributed by atoms with Crippen LogP contribution in [-0.4, -0.2) is 46.8 Å². The molecular formula is C61H85N4O6Zn+. The third-order valence-electron chi connectivity index (χ3n) is 15.6. The molecule has 0 spiro atoms. The number of H-pyrrole nitrogens is 1. The number of ether oxygens (including phenoxy) is 2. The number of carbonyl (C=O) groups excluding carboxylic acids is 4. The van der Waals surface area contributed by atoms with Gasteiger partial charge in [-0.05, 0) is 112 Å². The van der Waals surface area contributed by atoms with E-state index in [0.29, 0.717) is 45.5 Å². The van der Waals surface area contributed by atoms with Crippen LogP contribution in [0.1, 0.15) is 199 Å². The molecule has 2 heterocycles. The Hall–Kier alpha value is -4.63. The number of carbonyl (C=O) groups is 4. The van der Waals surface area contributed by atoms with Gasteiger partial charge >= 0.3 is 31.4 Å². The van der Waals surface area contributed by atoms with Crippen LogP contribution >= 0.6 is 0 Å². The minimum Gasteiger partial charge on any atom is -0.458 e. The topological polar surface area (TPSA) is 141 Å². The van der Waals surface area contributed by atoms with Crippen molar-refractivity contribution in [3.63, 3.8) is 0 Å². The molecule has 6 rings (SSSR count). The number of hydrogen-bond acceptors (Lipinski definition) is 6. The second-order valence-electron chi connectivity index (χ2n) is 26.2. The summed E-state index contributed by atoms with van der Waals surface area (Å²) in [5.74, 6) is -1.14. The summed E-state index contributed by atoms with van der Waals surface area (Å²) >= 11 is 0. The van der Waals surface area contributed by atoms with E-state index in [1.165, 1.54) is 0 Å². The van der Waals surface area contributed by atoms with Crippen LogP contribution in [0.5, 0.6) is 0 Å². The fraction of sp³-hybridized carbons (Fsp3) is 0.590. The zero-order valence-electron chi connectivity index (χ0n) is 47.0. The number of amides is 2. The summed E-state index contributed by atoms with van der Waals surface area (Å²) in [5, 5.41) is 8.11. The van der Waals surface area contributed by atoms with Crippen LogP contribution in [0.15, 0.2) is 82.5 Å². The molecule has 0 saturated heterocycles. The average Bonchev–Trinajstić information content (AvgIpc) is 3.81. The van der Waals surface area contributed by atoms with Gasteiger partial charge in [-0.1, -0.05) is 173 Å². The standard InChI is InChI=1S/C61H86N4O6.Zn/c1-34(2)46-44(62-52(64-54(66)38-25-21-19-22-26-38)48(46)56(68)70-50-40(58(7,8)9)29-36(5)30-41(50)59(10,11)12)33-45-47(35(3)4)49(53(63-45)65-55(67)39-27-23-20-24-28-39)57(69)71-51-42(60(13,14)15)31-37(6)32-43(51)61(16,17)18;/h19-28,33-37,40-43,50-51H,29-32H2,1-18H3,(H3,62,63,64,65,66,67,68,69);/q;+2/p-1. The largest absolute Gasteiger partial charge is 2.00 e. The molecule has 2 aliphatic carbocycles. The number of aliphatic imine (C=N–C) groups is 1. The van der Waals surface area contributed by atoms with E-state index >= 15 is 9.59 Å². The summed E-state index contributed by atoms with van der Waals surface area (Å²) in [5.41, 5.74) is 2.65. The molecule has 1 aliphatic heterocycles. The van der Waals surface area contributed by atoms with Gasteiger partial charge in [-0.15, -0.1) is 0 Å². The van der Waals surface area contributed by atoms with E-state index in [1.54, 1.807) is 48.5 Å². The molecule has 72 heavy (non-hydrogen) atoms. The van der Waals surface area contributed by atoms with E-state index in [0.717, 1.165) is 25.7 Å². The van der Waals surface area contributed by atoms with E-state index in [1.807, 2.05) is 45.9 Å². The van der Waals surface area contributed by atoms with Crippen LogP contribution in [0.4, 0.5) is 5.82 Å². The number of aromatic nitrogens is 1. The zero-order valence-corrected chi connectivity index (χ0v) is 50.0. The van der Waals surface area contributed by atoms with Gasteiger partial charge in [-0.25, -0.2) is 9.59 Å². The van der Waals surface area contributed by atoms with E-state index in [9.17, 15) is 9.59 Å². The van der Waals surface area contributed by atoms with Gasteiger partial charge in [0.2, 0.25) is 0 Å². The fourth-order valence-corrected chi connectivity index (χ4v) is 11.8.